The number of anilines is 3. The third kappa shape index (κ3) is 3.50. The van der Waals surface area contributed by atoms with E-state index in [-0.39, 0.29) is 6.04 Å². The Labute approximate surface area is 152 Å². The SMILES string of the molecule is COCC(C)n1cc(Nc2nc(N(C)CC3CC3)c3cc[nH]c3n2)cn1. The first-order chi connectivity index (χ1) is 12.6. The number of nitrogens with zero attached hydrogens (tertiary/aromatic N) is 5. The second-order valence-electron chi connectivity index (χ2n) is 7.07. The summed E-state index contributed by atoms with van der Waals surface area (Å²) in [7, 11) is 3.79. The smallest absolute Gasteiger partial charge is 0.231 e. The Balaban J connectivity index is 1.58. The molecule has 0 spiro atoms. The number of H-pyrrole nitrogens is 1. The number of methoxy groups -OCH3 is 1. The molecule has 0 amide bonds. The van der Waals surface area contributed by atoms with Gasteiger partial charge in [-0.05, 0) is 31.7 Å². The normalized spacial score (nSPS) is 15.3. The molecule has 3 aromatic heterocycles. The fourth-order valence-electron chi connectivity index (χ4n) is 3.14. The van der Waals surface area contributed by atoms with Crippen LogP contribution in [-0.4, -0.2) is 52.0 Å². The van der Waals surface area contributed by atoms with Crippen LogP contribution in [0.15, 0.2) is 24.7 Å². The van der Waals surface area contributed by atoms with E-state index in [0.717, 1.165) is 35.0 Å². The molecule has 1 fully saturated rings. The molecule has 0 radical (unpaired) electrons. The molecule has 3 aromatic rings. The van der Waals surface area contributed by atoms with Gasteiger partial charge >= 0.3 is 0 Å². The van der Waals surface area contributed by atoms with E-state index in [1.54, 1.807) is 13.3 Å². The molecule has 1 unspecified atom stereocenters. The largest absolute Gasteiger partial charge is 0.382 e. The van der Waals surface area contributed by atoms with Gasteiger partial charge in [0.15, 0.2) is 0 Å². The van der Waals surface area contributed by atoms with E-state index in [0.29, 0.717) is 12.6 Å². The van der Waals surface area contributed by atoms with Crippen LogP contribution in [0, 0.1) is 5.92 Å². The number of hydrogen-bond donors (Lipinski definition) is 2. The summed E-state index contributed by atoms with van der Waals surface area (Å²) in [6.07, 6.45) is 8.26. The zero-order valence-corrected chi connectivity index (χ0v) is 15.4. The number of fused-ring (bicyclic) bond motifs is 1. The van der Waals surface area contributed by atoms with Gasteiger partial charge in [0.1, 0.15) is 11.5 Å². The highest BCUT2D eigenvalue weighted by Crippen LogP contribution is 2.32. The van der Waals surface area contributed by atoms with Gasteiger partial charge in [0, 0.05) is 33.1 Å². The van der Waals surface area contributed by atoms with Gasteiger partial charge in [-0.15, -0.1) is 0 Å². The van der Waals surface area contributed by atoms with E-state index in [1.165, 1.54) is 12.8 Å². The van der Waals surface area contributed by atoms with Gasteiger partial charge in [-0.25, -0.2) is 0 Å². The molecule has 138 valence electrons. The standard InChI is InChI=1S/C18H25N7O/c1-12(11-26-3)25-10-14(8-20-25)21-18-22-16-15(6-7-19-16)17(23-18)24(2)9-13-4-5-13/h6-8,10,12-13H,4-5,9,11H2,1-3H3,(H2,19,21,22,23). The van der Waals surface area contributed by atoms with Gasteiger partial charge in [-0.3, -0.25) is 4.68 Å². The van der Waals surface area contributed by atoms with Gasteiger partial charge < -0.3 is 19.9 Å². The van der Waals surface area contributed by atoms with E-state index in [2.05, 4.69) is 39.3 Å². The van der Waals surface area contributed by atoms with E-state index in [4.69, 9.17) is 9.72 Å². The molecule has 0 aliphatic heterocycles. The average molecular weight is 355 g/mol. The molecule has 8 heteroatoms. The molecule has 1 aliphatic rings. The molecule has 8 nitrogen and oxygen atoms in total. The Morgan fingerprint density at radius 2 is 2.27 bits per heavy atom. The van der Waals surface area contributed by atoms with Crippen LogP contribution in [0.3, 0.4) is 0 Å². The topological polar surface area (TPSA) is 83.9 Å². The van der Waals surface area contributed by atoms with Gasteiger partial charge in [0.25, 0.3) is 0 Å². The van der Waals surface area contributed by atoms with Crippen LogP contribution in [-0.2, 0) is 4.74 Å². The van der Waals surface area contributed by atoms with Gasteiger partial charge in [0.2, 0.25) is 5.95 Å². The fraction of sp³-hybridized carbons (Fsp3) is 0.500. The first-order valence-corrected chi connectivity index (χ1v) is 9.00. The van der Waals surface area contributed by atoms with Crippen LogP contribution in [0.5, 0.6) is 0 Å². The summed E-state index contributed by atoms with van der Waals surface area (Å²) in [5.74, 6) is 2.31. The third-order valence-corrected chi connectivity index (χ3v) is 4.70. The van der Waals surface area contributed by atoms with Crippen molar-refractivity contribution in [1.82, 2.24) is 24.7 Å². The summed E-state index contributed by atoms with van der Waals surface area (Å²) < 4.78 is 7.06. The van der Waals surface area contributed by atoms with Crippen LogP contribution < -0.4 is 10.2 Å². The first-order valence-electron chi connectivity index (χ1n) is 9.00. The summed E-state index contributed by atoms with van der Waals surface area (Å²) in [5.41, 5.74) is 1.69. The zero-order chi connectivity index (χ0) is 18.1. The lowest BCUT2D eigenvalue weighted by atomic mass is 10.3. The Bertz CT molecular complexity index is 883. The minimum absolute atomic E-state index is 0.169. The molecule has 1 atom stereocenters. The Morgan fingerprint density at radius 3 is 3.04 bits per heavy atom. The van der Waals surface area contributed by atoms with Crippen LogP contribution in [0.4, 0.5) is 17.5 Å². The number of aromatic nitrogens is 5. The summed E-state index contributed by atoms with van der Waals surface area (Å²) in [6, 6.07) is 2.20. The van der Waals surface area contributed by atoms with Crippen LogP contribution >= 0.6 is 0 Å². The van der Waals surface area contributed by atoms with Gasteiger partial charge in [0.05, 0.1) is 29.9 Å². The first kappa shape index (κ1) is 16.8. The lowest BCUT2D eigenvalue weighted by Crippen LogP contribution is -2.21. The van der Waals surface area contributed by atoms with Crippen molar-refractivity contribution in [2.45, 2.75) is 25.8 Å². The minimum atomic E-state index is 0.169. The van der Waals surface area contributed by atoms with Crippen molar-refractivity contribution < 1.29 is 4.74 Å². The van der Waals surface area contributed by atoms with E-state index >= 15 is 0 Å². The predicted molar refractivity (Wildman–Crippen MR) is 102 cm³/mol. The Hall–Kier alpha value is -2.61. The van der Waals surface area contributed by atoms with Crippen LogP contribution in [0.2, 0.25) is 0 Å². The van der Waals surface area contributed by atoms with Crippen molar-refractivity contribution in [3.05, 3.63) is 24.7 Å². The quantitative estimate of drug-likeness (QED) is 0.646. The van der Waals surface area contributed by atoms with Crippen molar-refractivity contribution in [3.63, 3.8) is 0 Å². The second kappa shape index (κ2) is 6.95. The van der Waals surface area contributed by atoms with Crippen molar-refractivity contribution >= 4 is 28.5 Å². The predicted octanol–water partition coefficient (Wildman–Crippen LogP) is 2.95. The lowest BCUT2D eigenvalue weighted by Gasteiger charge is -2.19. The number of rotatable bonds is 8. The molecule has 3 heterocycles. The number of hydrogen-bond acceptors (Lipinski definition) is 6. The Morgan fingerprint density at radius 1 is 1.42 bits per heavy atom. The fourth-order valence-corrected chi connectivity index (χ4v) is 3.14. The number of ether oxygens (including phenoxy) is 1. The monoisotopic (exact) mass is 355 g/mol. The van der Waals surface area contributed by atoms with Crippen molar-refractivity contribution in [2.24, 2.45) is 5.92 Å². The van der Waals surface area contributed by atoms with Gasteiger partial charge in [-0.2, -0.15) is 15.1 Å². The molecule has 1 aliphatic carbocycles. The highest BCUT2D eigenvalue weighted by molar-refractivity contribution is 5.88. The van der Waals surface area contributed by atoms with Crippen LogP contribution in [0.1, 0.15) is 25.8 Å². The molecule has 2 N–H and O–H groups in total. The molecule has 1 saturated carbocycles. The highest BCUT2D eigenvalue weighted by Gasteiger charge is 2.24. The van der Waals surface area contributed by atoms with Gasteiger partial charge in [-0.1, -0.05) is 0 Å². The molecular weight excluding hydrogens is 330 g/mol. The van der Waals surface area contributed by atoms with E-state index in [1.807, 2.05) is 23.1 Å². The number of aromatic amines is 1. The molecular formula is C18H25N7O. The Kier molecular flexibility index (Phi) is 4.50. The molecule has 26 heavy (non-hydrogen) atoms. The van der Waals surface area contributed by atoms with Crippen molar-refractivity contribution in [3.8, 4) is 0 Å². The summed E-state index contributed by atoms with van der Waals surface area (Å²) in [6.45, 7) is 3.71. The average Bonchev–Trinajstić information content (AvgIpc) is 3.11. The third-order valence-electron chi connectivity index (χ3n) is 4.70. The molecule has 0 bridgehead atoms. The summed E-state index contributed by atoms with van der Waals surface area (Å²) >= 11 is 0. The summed E-state index contributed by atoms with van der Waals surface area (Å²) in [4.78, 5) is 14.8. The zero-order valence-electron chi connectivity index (χ0n) is 15.4. The minimum Gasteiger partial charge on any atom is -0.382 e. The van der Waals surface area contributed by atoms with E-state index < -0.39 is 0 Å². The second-order valence-corrected chi connectivity index (χ2v) is 7.07. The number of nitrogens with one attached hydrogen (secondary N) is 2. The molecule has 4 rings (SSSR count). The molecule has 0 aromatic carbocycles. The van der Waals surface area contributed by atoms with Crippen molar-refractivity contribution in [2.75, 3.05) is 37.5 Å². The van der Waals surface area contributed by atoms with E-state index in [9.17, 15) is 0 Å². The lowest BCUT2D eigenvalue weighted by molar-refractivity contribution is 0.157. The maximum Gasteiger partial charge on any atom is 0.231 e. The van der Waals surface area contributed by atoms with Crippen LogP contribution in [0.25, 0.3) is 11.0 Å². The maximum absolute atomic E-state index is 5.19. The molecule has 0 saturated heterocycles. The maximum atomic E-state index is 5.19. The van der Waals surface area contributed by atoms with Crippen molar-refractivity contribution in [1.29, 1.82) is 0 Å². The summed E-state index contributed by atoms with van der Waals surface area (Å²) in [5, 5.41) is 8.71. The highest BCUT2D eigenvalue weighted by atomic mass is 16.5.